The molecular formula is C26H51N5O. The molecule has 0 aromatic carbocycles. The summed E-state index contributed by atoms with van der Waals surface area (Å²) in [6.07, 6.45) is 10.0. The standard InChI is InChI=1S/C22H39N5O.2C2H6/c1-25-8-5-9-26(11-10-25)14-20-15-27(16-21(20)17-28)13-19-12-23-24-22(19)18-6-3-2-4-7-18;2*1-2/h12,18,20-21,28H,2-11,13-17H2,1H3,(H,23,24);2*1-2H3. The monoisotopic (exact) mass is 449 g/mol. The number of hydrogen-bond acceptors (Lipinski definition) is 5. The van der Waals surface area contributed by atoms with Gasteiger partial charge in [0.25, 0.3) is 0 Å². The van der Waals surface area contributed by atoms with Crippen molar-refractivity contribution in [1.82, 2.24) is 24.9 Å². The highest BCUT2D eigenvalue weighted by atomic mass is 16.3. The minimum absolute atomic E-state index is 0.315. The summed E-state index contributed by atoms with van der Waals surface area (Å²) in [6.45, 7) is 17.3. The summed E-state index contributed by atoms with van der Waals surface area (Å²) >= 11 is 0. The second-order valence-electron chi connectivity index (χ2n) is 9.50. The van der Waals surface area contributed by atoms with E-state index in [1.165, 1.54) is 76.0 Å². The Bertz CT molecular complexity index is 601. The molecule has 32 heavy (non-hydrogen) atoms. The van der Waals surface area contributed by atoms with Crippen molar-refractivity contribution in [3.8, 4) is 0 Å². The van der Waals surface area contributed by atoms with Gasteiger partial charge < -0.3 is 14.9 Å². The van der Waals surface area contributed by atoms with Crippen molar-refractivity contribution < 1.29 is 5.11 Å². The van der Waals surface area contributed by atoms with E-state index in [1.807, 2.05) is 27.7 Å². The van der Waals surface area contributed by atoms with Crippen LogP contribution in [-0.4, -0.2) is 89.5 Å². The van der Waals surface area contributed by atoms with E-state index in [4.69, 9.17) is 0 Å². The molecule has 186 valence electrons. The number of rotatable bonds is 6. The summed E-state index contributed by atoms with van der Waals surface area (Å²) in [4.78, 5) is 7.63. The molecule has 1 saturated carbocycles. The lowest BCUT2D eigenvalue weighted by Gasteiger charge is -2.26. The number of likely N-dealkylation sites (tertiary alicyclic amines) is 1. The van der Waals surface area contributed by atoms with Crippen molar-refractivity contribution in [2.45, 2.75) is 78.7 Å². The Kier molecular flexibility index (Phi) is 12.8. The molecule has 2 atom stereocenters. The van der Waals surface area contributed by atoms with Gasteiger partial charge >= 0.3 is 0 Å². The first-order valence-corrected chi connectivity index (χ1v) is 13.5. The normalized spacial score (nSPS) is 26.1. The first-order chi connectivity index (χ1) is 15.7. The molecule has 3 aliphatic rings. The number of hydrogen-bond donors (Lipinski definition) is 2. The quantitative estimate of drug-likeness (QED) is 0.682. The van der Waals surface area contributed by atoms with Gasteiger partial charge in [0.15, 0.2) is 0 Å². The predicted octanol–water partition coefficient (Wildman–Crippen LogP) is 4.19. The fourth-order valence-corrected chi connectivity index (χ4v) is 5.63. The van der Waals surface area contributed by atoms with Gasteiger partial charge in [0.05, 0.1) is 6.20 Å². The van der Waals surface area contributed by atoms with Gasteiger partial charge in [-0.25, -0.2) is 0 Å². The first kappa shape index (κ1) is 27.3. The number of aromatic nitrogens is 2. The topological polar surface area (TPSA) is 58.6 Å². The van der Waals surface area contributed by atoms with Crippen LogP contribution in [0.2, 0.25) is 0 Å². The van der Waals surface area contributed by atoms with Crippen LogP contribution in [0.1, 0.15) is 83.4 Å². The third kappa shape index (κ3) is 7.82. The first-order valence-electron chi connectivity index (χ1n) is 13.5. The van der Waals surface area contributed by atoms with E-state index in [2.05, 4.69) is 38.1 Å². The van der Waals surface area contributed by atoms with Gasteiger partial charge in [-0.15, -0.1) is 0 Å². The molecule has 1 aromatic heterocycles. The highest BCUT2D eigenvalue weighted by Gasteiger charge is 2.34. The van der Waals surface area contributed by atoms with E-state index in [9.17, 15) is 5.11 Å². The van der Waals surface area contributed by atoms with Gasteiger partial charge in [-0.05, 0) is 51.2 Å². The average molecular weight is 450 g/mol. The summed E-state index contributed by atoms with van der Waals surface area (Å²) in [5.41, 5.74) is 2.78. The van der Waals surface area contributed by atoms with Crippen LogP contribution in [0, 0.1) is 11.8 Å². The third-order valence-corrected chi connectivity index (χ3v) is 7.35. The van der Waals surface area contributed by atoms with E-state index in [0.29, 0.717) is 24.4 Å². The Labute approximate surface area is 197 Å². The zero-order valence-corrected chi connectivity index (χ0v) is 21.7. The SMILES string of the molecule is CC.CC.CN1CCCN(CC2CN(Cc3cn[nH]c3C3CCCCC3)CC2CO)CC1. The van der Waals surface area contributed by atoms with Crippen LogP contribution in [-0.2, 0) is 6.54 Å². The van der Waals surface area contributed by atoms with E-state index >= 15 is 0 Å². The van der Waals surface area contributed by atoms with Gasteiger partial charge in [0, 0.05) is 63.1 Å². The number of likely N-dealkylation sites (N-methyl/N-ethyl adjacent to an activating group) is 1. The molecule has 0 bridgehead atoms. The van der Waals surface area contributed by atoms with Crippen LogP contribution in [0.15, 0.2) is 6.20 Å². The van der Waals surface area contributed by atoms with E-state index in [0.717, 1.165) is 26.2 Å². The molecule has 1 aromatic rings. The zero-order chi connectivity index (χ0) is 23.3. The fourth-order valence-electron chi connectivity index (χ4n) is 5.63. The van der Waals surface area contributed by atoms with Crippen molar-refractivity contribution in [3.63, 3.8) is 0 Å². The molecule has 4 rings (SSSR count). The summed E-state index contributed by atoms with van der Waals surface area (Å²) in [6, 6.07) is 0. The summed E-state index contributed by atoms with van der Waals surface area (Å²) in [5, 5.41) is 17.7. The van der Waals surface area contributed by atoms with Crippen LogP contribution >= 0.6 is 0 Å². The molecule has 6 heteroatoms. The van der Waals surface area contributed by atoms with Crippen LogP contribution < -0.4 is 0 Å². The van der Waals surface area contributed by atoms with Gasteiger partial charge in [-0.1, -0.05) is 47.0 Å². The lowest BCUT2D eigenvalue weighted by molar-refractivity contribution is 0.165. The molecule has 0 spiro atoms. The summed E-state index contributed by atoms with van der Waals surface area (Å²) in [5.74, 6) is 1.66. The van der Waals surface area contributed by atoms with E-state index in [-0.39, 0.29) is 0 Å². The number of nitrogens with one attached hydrogen (secondary N) is 1. The Morgan fingerprint density at radius 3 is 2.34 bits per heavy atom. The second-order valence-corrected chi connectivity index (χ2v) is 9.50. The van der Waals surface area contributed by atoms with Crippen LogP contribution in [0.25, 0.3) is 0 Å². The van der Waals surface area contributed by atoms with Gasteiger partial charge in [-0.3, -0.25) is 10.00 Å². The Morgan fingerprint density at radius 1 is 0.906 bits per heavy atom. The molecule has 0 radical (unpaired) electrons. The lowest BCUT2D eigenvalue weighted by Crippen LogP contribution is -2.36. The average Bonchev–Trinajstić information content (AvgIpc) is 3.41. The number of nitrogens with zero attached hydrogens (tertiary/aromatic N) is 4. The van der Waals surface area contributed by atoms with E-state index < -0.39 is 0 Å². The van der Waals surface area contributed by atoms with Crippen LogP contribution in [0.3, 0.4) is 0 Å². The maximum absolute atomic E-state index is 9.99. The smallest absolute Gasteiger partial charge is 0.0535 e. The van der Waals surface area contributed by atoms with Crippen molar-refractivity contribution in [1.29, 1.82) is 0 Å². The van der Waals surface area contributed by atoms with Crippen molar-refractivity contribution in [2.75, 3.05) is 59.5 Å². The summed E-state index contributed by atoms with van der Waals surface area (Å²) < 4.78 is 0. The summed E-state index contributed by atoms with van der Waals surface area (Å²) in [7, 11) is 2.23. The largest absolute Gasteiger partial charge is 0.396 e. The Hall–Kier alpha value is -0.950. The van der Waals surface area contributed by atoms with Crippen molar-refractivity contribution in [2.24, 2.45) is 11.8 Å². The third-order valence-electron chi connectivity index (χ3n) is 7.35. The number of aromatic amines is 1. The van der Waals surface area contributed by atoms with Crippen LogP contribution in [0.5, 0.6) is 0 Å². The van der Waals surface area contributed by atoms with Gasteiger partial charge in [0.2, 0.25) is 0 Å². The second kappa shape index (κ2) is 15.0. The molecule has 1 aliphatic carbocycles. The number of aliphatic hydroxyl groups excluding tert-OH is 1. The Balaban J connectivity index is 0.000000860. The number of aliphatic hydroxyl groups is 1. The molecule has 3 fully saturated rings. The maximum atomic E-state index is 9.99. The molecule has 2 saturated heterocycles. The maximum Gasteiger partial charge on any atom is 0.0535 e. The number of H-pyrrole nitrogens is 1. The van der Waals surface area contributed by atoms with Gasteiger partial charge in [-0.2, -0.15) is 5.10 Å². The Morgan fingerprint density at radius 2 is 1.62 bits per heavy atom. The molecule has 2 N–H and O–H groups in total. The molecule has 6 nitrogen and oxygen atoms in total. The van der Waals surface area contributed by atoms with E-state index in [1.54, 1.807) is 0 Å². The minimum atomic E-state index is 0.315. The molecule has 2 unspecified atom stereocenters. The minimum Gasteiger partial charge on any atom is -0.396 e. The highest BCUT2D eigenvalue weighted by Crippen LogP contribution is 2.34. The lowest BCUT2D eigenvalue weighted by atomic mass is 9.85. The molecular weight excluding hydrogens is 398 g/mol. The molecule has 0 amide bonds. The van der Waals surface area contributed by atoms with Crippen molar-refractivity contribution >= 4 is 0 Å². The van der Waals surface area contributed by atoms with Crippen LogP contribution in [0.4, 0.5) is 0 Å². The van der Waals surface area contributed by atoms with Crippen molar-refractivity contribution in [3.05, 3.63) is 17.5 Å². The highest BCUT2D eigenvalue weighted by molar-refractivity contribution is 5.21. The fraction of sp³-hybridized carbons (Fsp3) is 0.885. The zero-order valence-electron chi connectivity index (χ0n) is 21.7. The molecule has 2 aliphatic heterocycles. The predicted molar refractivity (Wildman–Crippen MR) is 135 cm³/mol. The molecule has 3 heterocycles. The van der Waals surface area contributed by atoms with Gasteiger partial charge in [0.1, 0.15) is 0 Å².